The minimum atomic E-state index is -0.0691. The number of amides is 1. The minimum absolute atomic E-state index is 0.0691. The monoisotopic (exact) mass is 381 g/mol. The van der Waals surface area contributed by atoms with E-state index >= 15 is 0 Å². The lowest BCUT2D eigenvalue weighted by molar-refractivity contribution is -0.115. The molecule has 0 fully saturated rings. The zero-order chi connectivity index (χ0) is 19.6. The van der Waals surface area contributed by atoms with Gasteiger partial charge in [0, 0.05) is 35.6 Å². The maximum absolute atomic E-state index is 12.7. The van der Waals surface area contributed by atoms with Crippen molar-refractivity contribution in [1.29, 1.82) is 0 Å². The first-order valence-corrected chi connectivity index (χ1v) is 9.49. The third-order valence-corrected chi connectivity index (χ3v) is 5.03. The topological polar surface area (TPSA) is 60.1 Å². The van der Waals surface area contributed by atoms with E-state index < -0.39 is 0 Å². The van der Waals surface area contributed by atoms with Gasteiger partial charge < -0.3 is 14.3 Å². The highest BCUT2D eigenvalue weighted by atomic mass is 16.3. The molecule has 1 N–H and O–H groups in total. The number of nitrogens with zero attached hydrogens (tertiary/aromatic N) is 2. The van der Waals surface area contributed by atoms with Crippen molar-refractivity contribution >= 4 is 33.3 Å². The Morgan fingerprint density at radius 3 is 2.90 bits per heavy atom. The number of imidazole rings is 1. The molecule has 0 atom stereocenters. The Labute approximate surface area is 167 Å². The summed E-state index contributed by atoms with van der Waals surface area (Å²) in [7, 11) is 0. The van der Waals surface area contributed by atoms with Gasteiger partial charge in [-0.2, -0.15) is 0 Å². The van der Waals surface area contributed by atoms with Crippen LogP contribution in [0.3, 0.4) is 0 Å². The molecule has 0 spiro atoms. The average molecular weight is 381 g/mol. The first-order valence-electron chi connectivity index (χ1n) is 9.49. The first-order chi connectivity index (χ1) is 14.3. The molecule has 0 aliphatic rings. The van der Waals surface area contributed by atoms with Crippen LogP contribution >= 0.6 is 0 Å². The molecule has 0 radical (unpaired) electrons. The van der Waals surface area contributed by atoms with Gasteiger partial charge in [0.15, 0.2) is 0 Å². The standard InChI is InChI=1S/C24H19N3O2/c28-23(26-20-6-3-4-17(12-20)14-27-11-10-25-16-27)13-19-15-29-22-9-8-18-5-1-2-7-21(18)24(19)22/h1-12,15-16H,13-14H2,(H,26,28). The Balaban J connectivity index is 1.37. The molecule has 5 rings (SSSR count). The number of benzene rings is 3. The van der Waals surface area contributed by atoms with E-state index in [0.29, 0.717) is 6.54 Å². The lowest BCUT2D eigenvalue weighted by Gasteiger charge is -2.08. The fourth-order valence-corrected chi connectivity index (χ4v) is 3.72. The number of hydrogen-bond acceptors (Lipinski definition) is 3. The highest BCUT2D eigenvalue weighted by Crippen LogP contribution is 2.30. The molecule has 5 heteroatoms. The molecule has 5 nitrogen and oxygen atoms in total. The number of aromatic nitrogens is 2. The number of anilines is 1. The van der Waals surface area contributed by atoms with Gasteiger partial charge in [0.25, 0.3) is 0 Å². The zero-order valence-corrected chi connectivity index (χ0v) is 15.7. The molecule has 0 unspecified atom stereocenters. The molecular weight excluding hydrogens is 362 g/mol. The number of nitrogens with one attached hydrogen (secondary N) is 1. The van der Waals surface area contributed by atoms with Gasteiger partial charge in [-0.25, -0.2) is 4.98 Å². The summed E-state index contributed by atoms with van der Waals surface area (Å²) in [5.74, 6) is -0.0691. The van der Waals surface area contributed by atoms with Gasteiger partial charge >= 0.3 is 0 Å². The summed E-state index contributed by atoms with van der Waals surface area (Å²) in [6, 6.07) is 20.0. The summed E-state index contributed by atoms with van der Waals surface area (Å²) in [6.45, 7) is 0.710. The van der Waals surface area contributed by atoms with E-state index in [9.17, 15) is 4.79 Å². The number of furan rings is 1. The lowest BCUT2D eigenvalue weighted by atomic mass is 10.0. The van der Waals surface area contributed by atoms with Gasteiger partial charge in [0.1, 0.15) is 5.58 Å². The van der Waals surface area contributed by atoms with Crippen LogP contribution in [0.25, 0.3) is 21.7 Å². The van der Waals surface area contributed by atoms with Crippen LogP contribution in [0.15, 0.2) is 90.1 Å². The fraction of sp³-hybridized carbons (Fsp3) is 0.0833. The van der Waals surface area contributed by atoms with E-state index in [1.54, 1.807) is 18.8 Å². The summed E-state index contributed by atoms with van der Waals surface area (Å²) in [5, 5.41) is 6.25. The van der Waals surface area contributed by atoms with Crippen LogP contribution in [-0.4, -0.2) is 15.5 Å². The molecule has 3 aromatic carbocycles. The van der Waals surface area contributed by atoms with Crippen molar-refractivity contribution in [3.8, 4) is 0 Å². The smallest absolute Gasteiger partial charge is 0.228 e. The highest BCUT2D eigenvalue weighted by Gasteiger charge is 2.13. The minimum Gasteiger partial charge on any atom is -0.464 e. The molecule has 0 aliphatic carbocycles. The Morgan fingerprint density at radius 2 is 2.00 bits per heavy atom. The van der Waals surface area contributed by atoms with Crippen LogP contribution < -0.4 is 5.32 Å². The molecule has 2 aromatic heterocycles. The molecule has 0 aliphatic heterocycles. The lowest BCUT2D eigenvalue weighted by Crippen LogP contribution is -2.14. The van der Waals surface area contributed by atoms with Gasteiger partial charge in [-0.3, -0.25) is 4.79 Å². The largest absolute Gasteiger partial charge is 0.464 e. The molecule has 0 saturated heterocycles. The summed E-state index contributed by atoms with van der Waals surface area (Å²) in [4.78, 5) is 16.8. The fourth-order valence-electron chi connectivity index (χ4n) is 3.72. The number of carbonyl (C=O) groups is 1. The Bertz CT molecular complexity index is 1300. The molecule has 1 amide bonds. The molecular formula is C24H19N3O2. The number of fused-ring (bicyclic) bond motifs is 3. The summed E-state index contributed by atoms with van der Waals surface area (Å²) in [5.41, 5.74) is 3.57. The van der Waals surface area contributed by atoms with Crippen molar-refractivity contribution in [2.75, 3.05) is 5.32 Å². The van der Waals surface area contributed by atoms with Crippen molar-refractivity contribution in [3.63, 3.8) is 0 Å². The van der Waals surface area contributed by atoms with E-state index in [4.69, 9.17) is 4.42 Å². The molecule has 29 heavy (non-hydrogen) atoms. The van der Waals surface area contributed by atoms with Gasteiger partial charge in [0.05, 0.1) is 19.0 Å². The molecule has 0 bridgehead atoms. The summed E-state index contributed by atoms with van der Waals surface area (Å²) < 4.78 is 7.69. The molecule has 5 aromatic rings. The van der Waals surface area contributed by atoms with Crippen LogP contribution in [0.2, 0.25) is 0 Å². The van der Waals surface area contributed by atoms with E-state index in [1.807, 2.05) is 59.3 Å². The number of hydrogen-bond donors (Lipinski definition) is 1. The van der Waals surface area contributed by atoms with Crippen LogP contribution in [0.4, 0.5) is 5.69 Å². The third kappa shape index (κ3) is 3.50. The Hall–Kier alpha value is -3.86. The summed E-state index contributed by atoms with van der Waals surface area (Å²) >= 11 is 0. The zero-order valence-electron chi connectivity index (χ0n) is 15.7. The Kier molecular flexibility index (Phi) is 4.33. The van der Waals surface area contributed by atoms with E-state index in [-0.39, 0.29) is 12.3 Å². The predicted molar refractivity (Wildman–Crippen MR) is 114 cm³/mol. The van der Waals surface area contributed by atoms with Crippen molar-refractivity contribution in [2.45, 2.75) is 13.0 Å². The predicted octanol–water partition coefficient (Wildman–Crippen LogP) is 5.01. The van der Waals surface area contributed by atoms with Crippen molar-refractivity contribution in [1.82, 2.24) is 9.55 Å². The molecule has 142 valence electrons. The maximum Gasteiger partial charge on any atom is 0.228 e. The summed E-state index contributed by atoms with van der Waals surface area (Å²) in [6.07, 6.45) is 7.39. The second kappa shape index (κ2) is 7.28. The van der Waals surface area contributed by atoms with Gasteiger partial charge in [-0.1, -0.05) is 42.5 Å². The quantitative estimate of drug-likeness (QED) is 0.465. The average Bonchev–Trinajstić information content (AvgIpc) is 3.38. The van der Waals surface area contributed by atoms with Gasteiger partial charge in [0.2, 0.25) is 5.91 Å². The first kappa shape index (κ1) is 17.3. The van der Waals surface area contributed by atoms with Crippen LogP contribution in [0, 0.1) is 0 Å². The number of carbonyl (C=O) groups excluding carboxylic acids is 1. The van der Waals surface area contributed by atoms with Crippen LogP contribution in [0.5, 0.6) is 0 Å². The number of rotatable bonds is 5. The van der Waals surface area contributed by atoms with Crippen LogP contribution in [-0.2, 0) is 17.8 Å². The molecule has 0 saturated carbocycles. The van der Waals surface area contributed by atoms with Gasteiger partial charge in [-0.15, -0.1) is 0 Å². The van der Waals surface area contributed by atoms with Crippen molar-refractivity contribution in [3.05, 3.63) is 96.8 Å². The van der Waals surface area contributed by atoms with Crippen molar-refractivity contribution < 1.29 is 9.21 Å². The normalized spacial score (nSPS) is 11.2. The maximum atomic E-state index is 12.7. The van der Waals surface area contributed by atoms with Crippen LogP contribution in [0.1, 0.15) is 11.1 Å². The second-order valence-corrected chi connectivity index (χ2v) is 7.08. The Morgan fingerprint density at radius 1 is 1.07 bits per heavy atom. The van der Waals surface area contributed by atoms with Crippen molar-refractivity contribution in [2.24, 2.45) is 0 Å². The third-order valence-electron chi connectivity index (χ3n) is 5.03. The molecule has 2 heterocycles. The van der Waals surface area contributed by atoms with Gasteiger partial charge in [-0.05, 0) is 34.5 Å². The second-order valence-electron chi connectivity index (χ2n) is 7.08. The SMILES string of the molecule is O=C(Cc1coc2ccc3ccccc3c12)Nc1cccc(Cn2ccnc2)c1. The highest BCUT2D eigenvalue weighted by molar-refractivity contribution is 6.09. The van der Waals surface area contributed by atoms with E-state index in [1.165, 1.54) is 0 Å². The van der Waals surface area contributed by atoms with E-state index in [2.05, 4.69) is 22.4 Å². The van der Waals surface area contributed by atoms with E-state index in [0.717, 1.165) is 38.6 Å².